The van der Waals surface area contributed by atoms with Crippen LogP contribution in [0, 0.1) is 0 Å². The van der Waals surface area contributed by atoms with Gasteiger partial charge in [-0.25, -0.2) is 0 Å². The lowest BCUT2D eigenvalue weighted by molar-refractivity contribution is -0.683. The molecule has 2 aromatic carbocycles. The van der Waals surface area contributed by atoms with E-state index in [2.05, 4.69) is 10.0 Å². The molecule has 0 fully saturated rings. The molecule has 0 bridgehead atoms. The molecule has 0 aliphatic heterocycles. The molecule has 0 N–H and O–H groups in total. The molecule has 24 heavy (non-hydrogen) atoms. The van der Waals surface area contributed by atoms with E-state index in [4.69, 9.17) is 5.53 Å². The molecule has 0 saturated heterocycles. The molecule has 3 aromatic rings. The first-order valence-corrected chi connectivity index (χ1v) is 7.49. The third-order valence-corrected chi connectivity index (χ3v) is 3.65. The smallest absolute Gasteiger partial charge is 0.227 e. The predicted octanol–water partition coefficient (Wildman–Crippen LogP) is 4.47. The number of hydrogen-bond acceptors (Lipinski definition) is 2. The number of carbonyl (C=O) groups is 1. The number of ketones is 1. The monoisotopic (exact) mass is 315 g/mol. The maximum Gasteiger partial charge on any atom is 0.227 e. The highest BCUT2D eigenvalue weighted by atomic mass is 16.1. The molecule has 0 aliphatic carbocycles. The van der Waals surface area contributed by atoms with Crippen LogP contribution in [-0.4, -0.2) is 5.78 Å². The first-order valence-electron chi connectivity index (χ1n) is 7.49. The Labute approximate surface area is 139 Å². The Hall–Kier alpha value is -3.43. The first-order chi connectivity index (χ1) is 11.8. The molecule has 0 atom stereocenters. The van der Waals surface area contributed by atoms with Crippen LogP contribution in [0.2, 0.25) is 0 Å². The molecule has 0 spiro atoms. The van der Waals surface area contributed by atoms with E-state index in [1.54, 1.807) is 6.07 Å². The van der Waals surface area contributed by atoms with E-state index in [0.717, 1.165) is 11.1 Å². The molecule has 5 heteroatoms. The summed E-state index contributed by atoms with van der Waals surface area (Å²) in [6.07, 6.45) is 3.74. The number of rotatable bonds is 5. The fourth-order valence-corrected chi connectivity index (χ4v) is 2.44. The molecule has 0 saturated carbocycles. The summed E-state index contributed by atoms with van der Waals surface area (Å²) in [4.78, 5) is 15.0. The maximum absolute atomic E-state index is 12.2. The number of azide groups is 1. The molecule has 0 unspecified atom stereocenters. The van der Waals surface area contributed by atoms with Crippen LogP contribution in [-0.2, 0) is 6.54 Å². The molecular formula is C19H15N4O+. The summed E-state index contributed by atoms with van der Waals surface area (Å²) in [7, 11) is 0. The van der Waals surface area contributed by atoms with Crippen molar-refractivity contribution in [1.29, 1.82) is 0 Å². The van der Waals surface area contributed by atoms with E-state index in [-0.39, 0.29) is 5.78 Å². The summed E-state index contributed by atoms with van der Waals surface area (Å²) >= 11 is 0. The van der Waals surface area contributed by atoms with Gasteiger partial charge in [0, 0.05) is 28.3 Å². The zero-order chi connectivity index (χ0) is 16.8. The first kappa shape index (κ1) is 15.5. The predicted molar refractivity (Wildman–Crippen MR) is 91.7 cm³/mol. The minimum atomic E-state index is 0.0682. The van der Waals surface area contributed by atoms with Crippen LogP contribution in [0.1, 0.15) is 10.4 Å². The van der Waals surface area contributed by atoms with E-state index in [1.807, 2.05) is 77.6 Å². The van der Waals surface area contributed by atoms with E-state index in [9.17, 15) is 4.79 Å². The lowest BCUT2D eigenvalue weighted by Crippen LogP contribution is -2.37. The van der Waals surface area contributed by atoms with E-state index in [1.165, 1.54) is 0 Å². The average molecular weight is 315 g/mol. The Morgan fingerprint density at radius 2 is 1.71 bits per heavy atom. The second kappa shape index (κ2) is 7.22. The molecule has 1 aromatic heterocycles. The minimum absolute atomic E-state index is 0.0682. The van der Waals surface area contributed by atoms with Crippen molar-refractivity contribution in [3.8, 4) is 11.1 Å². The van der Waals surface area contributed by atoms with Crippen LogP contribution in [0.3, 0.4) is 0 Å². The number of carbonyl (C=O) groups excluding carboxylic acids is 1. The minimum Gasteiger partial charge on any atom is -0.287 e. The quantitative estimate of drug-likeness (QED) is 0.225. The highest BCUT2D eigenvalue weighted by Gasteiger charge is 2.11. The second-order valence-electron chi connectivity index (χ2n) is 5.29. The van der Waals surface area contributed by atoms with Crippen LogP contribution >= 0.6 is 0 Å². The van der Waals surface area contributed by atoms with Gasteiger partial charge in [0.25, 0.3) is 0 Å². The lowest BCUT2D eigenvalue weighted by atomic mass is 10.1. The van der Waals surface area contributed by atoms with Gasteiger partial charge in [0.2, 0.25) is 12.3 Å². The Kier molecular flexibility index (Phi) is 4.65. The van der Waals surface area contributed by atoms with E-state index in [0.29, 0.717) is 17.8 Å². The SMILES string of the molecule is [N-]=[N+]=Nc1cccc(-c2cc[n+](CC(=O)c3ccccc3)cc2)c1. The number of aromatic nitrogens is 1. The molecule has 1 heterocycles. The van der Waals surface area contributed by atoms with Gasteiger partial charge in [-0.2, -0.15) is 4.57 Å². The molecule has 0 radical (unpaired) electrons. The van der Waals surface area contributed by atoms with Crippen molar-refractivity contribution >= 4 is 11.5 Å². The standard InChI is InChI=1S/C19H15N4O/c20-22-21-18-8-4-7-17(13-18)15-9-11-23(12-10-15)14-19(24)16-5-2-1-3-6-16/h1-13H,14H2/q+1. The normalized spacial score (nSPS) is 10.0. The van der Waals surface area contributed by atoms with Crippen molar-refractivity contribution in [1.82, 2.24) is 0 Å². The summed E-state index contributed by atoms with van der Waals surface area (Å²) in [5.74, 6) is 0.0682. The van der Waals surface area contributed by atoms with Crippen LogP contribution in [0.4, 0.5) is 5.69 Å². The van der Waals surface area contributed by atoms with Gasteiger partial charge in [0.15, 0.2) is 12.4 Å². The lowest BCUT2D eigenvalue weighted by Gasteiger charge is -2.02. The highest BCUT2D eigenvalue weighted by molar-refractivity contribution is 5.94. The van der Waals surface area contributed by atoms with Gasteiger partial charge in [-0.3, -0.25) is 4.79 Å². The molecule has 116 valence electrons. The van der Waals surface area contributed by atoms with Crippen molar-refractivity contribution in [2.24, 2.45) is 5.11 Å². The number of nitrogens with zero attached hydrogens (tertiary/aromatic N) is 4. The van der Waals surface area contributed by atoms with Crippen molar-refractivity contribution in [3.05, 3.63) is 95.1 Å². The highest BCUT2D eigenvalue weighted by Crippen LogP contribution is 2.23. The molecular weight excluding hydrogens is 300 g/mol. The maximum atomic E-state index is 12.2. The number of pyridine rings is 1. The van der Waals surface area contributed by atoms with Gasteiger partial charge < -0.3 is 0 Å². The van der Waals surface area contributed by atoms with Gasteiger partial charge in [-0.05, 0) is 22.7 Å². The van der Waals surface area contributed by atoms with Crippen molar-refractivity contribution in [3.63, 3.8) is 0 Å². The number of benzene rings is 2. The van der Waals surface area contributed by atoms with Crippen molar-refractivity contribution in [2.75, 3.05) is 0 Å². The van der Waals surface area contributed by atoms with E-state index >= 15 is 0 Å². The van der Waals surface area contributed by atoms with Gasteiger partial charge in [0.1, 0.15) is 0 Å². The summed E-state index contributed by atoms with van der Waals surface area (Å²) in [5.41, 5.74) is 11.8. The van der Waals surface area contributed by atoms with Crippen LogP contribution in [0.25, 0.3) is 21.6 Å². The second-order valence-corrected chi connectivity index (χ2v) is 5.29. The van der Waals surface area contributed by atoms with Crippen LogP contribution in [0.15, 0.2) is 84.2 Å². The summed E-state index contributed by atoms with van der Waals surface area (Å²) in [6, 6.07) is 20.5. The summed E-state index contributed by atoms with van der Waals surface area (Å²) in [6.45, 7) is 0.295. The zero-order valence-electron chi connectivity index (χ0n) is 12.9. The zero-order valence-corrected chi connectivity index (χ0v) is 12.9. The van der Waals surface area contributed by atoms with E-state index < -0.39 is 0 Å². The topological polar surface area (TPSA) is 69.7 Å². The summed E-state index contributed by atoms with van der Waals surface area (Å²) in [5, 5.41) is 3.61. The Morgan fingerprint density at radius 3 is 2.42 bits per heavy atom. The molecule has 5 nitrogen and oxygen atoms in total. The third kappa shape index (κ3) is 3.66. The molecule has 0 amide bonds. The van der Waals surface area contributed by atoms with Gasteiger partial charge in [-0.1, -0.05) is 53.6 Å². The molecule has 0 aliphatic rings. The fourth-order valence-electron chi connectivity index (χ4n) is 2.44. The number of hydrogen-bond donors (Lipinski definition) is 0. The average Bonchev–Trinajstić information content (AvgIpc) is 2.63. The Morgan fingerprint density at radius 1 is 0.958 bits per heavy atom. The van der Waals surface area contributed by atoms with Crippen molar-refractivity contribution < 1.29 is 9.36 Å². The largest absolute Gasteiger partial charge is 0.287 e. The Bertz CT molecular complexity index is 898. The van der Waals surface area contributed by atoms with Gasteiger partial charge in [-0.15, -0.1) is 0 Å². The fraction of sp³-hybridized carbons (Fsp3) is 0.0526. The third-order valence-electron chi connectivity index (χ3n) is 3.65. The van der Waals surface area contributed by atoms with Crippen molar-refractivity contribution in [2.45, 2.75) is 6.54 Å². The van der Waals surface area contributed by atoms with Gasteiger partial charge >= 0.3 is 0 Å². The number of Topliss-reactive ketones (excluding diaryl/α,β-unsaturated/α-hetero) is 1. The summed E-state index contributed by atoms with van der Waals surface area (Å²) < 4.78 is 1.84. The Balaban J connectivity index is 1.77. The van der Waals surface area contributed by atoms with Gasteiger partial charge in [0.05, 0.1) is 0 Å². The van der Waals surface area contributed by atoms with Crippen LogP contribution in [0.5, 0.6) is 0 Å². The molecule has 3 rings (SSSR count). The van der Waals surface area contributed by atoms with Crippen LogP contribution < -0.4 is 4.57 Å².